The highest BCUT2D eigenvalue weighted by Gasteiger charge is 2.26. The standard InChI is InChI=1S/C26H30FN5O/c1-18-12-22(19-9-10-25(28)29-14-19)13-24(30-18)21-7-5-11-32(16-21)26(33)17-31(2)15-20-6-3-4-8-23(20)27/h3-4,6,8-10,12-14,21H,5,7,11,15-17H2,1-2H3,(H2,28,29). The lowest BCUT2D eigenvalue weighted by atomic mass is 9.92. The summed E-state index contributed by atoms with van der Waals surface area (Å²) in [6, 6.07) is 14.6. The highest BCUT2D eigenvalue weighted by Crippen LogP contribution is 2.29. The number of rotatable bonds is 6. The van der Waals surface area contributed by atoms with E-state index in [2.05, 4.69) is 11.1 Å². The second-order valence-corrected chi connectivity index (χ2v) is 8.84. The molecule has 3 heterocycles. The van der Waals surface area contributed by atoms with Crippen molar-refractivity contribution in [1.29, 1.82) is 0 Å². The second-order valence-electron chi connectivity index (χ2n) is 8.84. The van der Waals surface area contributed by atoms with Crippen LogP contribution in [0.2, 0.25) is 0 Å². The van der Waals surface area contributed by atoms with Crippen LogP contribution in [0, 0.1) is 12.7 Å². The number of nitrogens with zero attached hydrogens (tertiary/aromatic N) is 4. The van der Waals surface area contributed by atoms with Gasteiger partial charge in [-0.2, -0.15) is 0 Å². The van der Waals surface area contributed by atoms with Crippen LogP contribution in [0.4, 0.5) is 10.2 Å². The number of nitrogen functional groups attached to an aromatic ring is 1. The molecule has 1 unspecified atom stereocenters. The molecule has 1 amide bonds. The third-order valence-electron chi connectivity index (χ3n) is 6.09. The van der Waals surface area contributed by atoms with Crippen LogP contribution in [0.15, 0.2) is 54.7 Å². The molecule has 172 valence electrons. The Bertz CT molecular complexity index is 1120. The number of hydrogen-bond donors (Lipinski definition) is 1. The van der Waals surface area contributed by atoms with Gasteiger partial charge in [0.1, 0.15) is 11.6 Å². The van der Waals surface area contributed by atoms with Crippen molar-refractivity contribution < 1.29 is 9.18 Å². The molecule has 6 nitrogen and oxygen atoms in total. The Labute approximate surface area is 194 Å². The van der Waals surface area contributed by atoms with Crippen LogP contribution in [0.25, 0.3) is 11.1 Å². The zero-order valence-corrected chi connectivity index (χ0v) is 19.2. The van der Waals surface area contributed by atoms with Crippen LogP contribution < -0.4 is 5.73 Å². The molecule has 33 heavy (non-hydrogen) atoms. The second kappa shape index (κ2) is 10.1. The van der Waals surface area contributed by atoms with Crippen LogP contribution in [-0.4, -0.2) is 52.4 Å². The first-order valence-corrected chi connectivity index (χ1v) is 11.3. The van der Waals surface area contributed by atoms with Gasteiger partial charge in [-0.05, 0) is 62.7 Å². The van der Waals surface area contributed by atoms with E-state index < -0.39 is 0 Å². The Kier molecular flexibility index (Phi) is 6.99. The number of carbonyl (C=O) groups is 1. The van der Waals surface area contributed by atoms with Gasteiger partial charge in [-0.3, -0.25) is 14.7 Å². The molecular weight excluding hydrogens is 417 g/mol. The van der Waals surface area contributed by atoms with E-state index in [1.54, 1.807) is 24.4 Å². The third kappa shape index (κ3) is 5.73. The monoisotopic (exact) mass is 447 g/mol. The summed E-state index contributed by atoms with van der Waals surface area (Å²) in [4.78, 5) is 25.8. The highest BCUT2D eigenvalue weighted by atomic mass is 19.1. The van der Waals surface area contributed by atoms with E-state index in [1.807, 2.05) is 42.0 Å². The van der Waals surface area contributed by atoms with Crippen molar-refractivity contribution in [2.45, 2.75) is 32.2 Å². The minimum absolute atomic E-state index is 0.0640. The van der Waals surface area contributed by atoms with E-state index in [-0.39, 0.29) is 24.2 Å². The number of aryl methyl sites for hydroxylation is 1. The van der Waals surface area contributed by atoms with Crippen LogP contribution >= 0.6 is 0 Å². The highest BCUT2D eigenvalue weighted by molar-refractivity contribution is 5.78. The van der Waals surface area contributed by atoms with Gasteiger partial charge in [0.2, 0.25) is 5.91 Å². The van der Waals surface area contributed by atoms with E-state index in [1.165, 1.54) is 6.07 Å². The summed E-state index contributed by atoms with van der Waals surface area (Å²) in [5.41, 5.74) is 10.3. The van der Waals surface area contributed by atoms with Crippen molar-refractivity contribution in [2.75, 3.05) is 32.4 Å². The maximum absolute atomic E-state index is 13.9. The van der Waals surface area contributed by atoms with E-state index in [9.17, 15) is 9.18 Å². The van der Waals surface area contributed by atoms with Gasteiger partial charge >= 0.3 is 0 Å². The van der Waals surface area contributed by atoms with Gasteiger partial charge in [-0.1, -0.05) is 18.2 Å². The number of amides is 1. The fourth-order valence-corrected chi connectivity index (χ4v) is 4.40. The molecule has 4 rings (SSSR count). The number of piperidine rings is 1. The molecule has 2 aromatic heterocycles. The number of benzene rings is 1. The first kappa shape index (κ1) is 22.9. The summed E-state index contributed by atoms with van der Waals surface area (Å²) in [7, 11) is 1.85. The van der Waals surface area contributed by atoms with Crippen LogP contribution in [-0.2, 0) is 11.3 Å². The van der Waals surface area contributed by atoms with Crippen molar-refractivity contribution in [1.82, 2.24) is 19.8 Å². The Morgan fingerprint density at radius 3 is 2.79 bits per heavy atom. The molecule has 1 saturated heterocycles. The molecule has 0 bridgehead atoms. The molecule has 7 heteroatoms. The van der Waals surface area contributed by atoms with Crippen molar-refractivity contribution in [2.24, 2.45) is 0 Å². The number of anilines is 1. The first-order chi connectivity index (χ1) is 15.9. The molecule has 3 aromatic rings. The number of likely N-dealkylation sites (tertiary alicyclic amines) is 1. The van der Waals surface area contributed by atoms with E-state index >= 15 is 0 Å². The number of nitrogens with two attached hydrogens (primary N) is 1. The molecule has 1 aromatic carbocycles. The van der Waals surface area contributed by atoms with Gasteiger partial charge in [0.15, 0.2) is 0 Å². The number of likely N-dealkylation sites (N-methyl/N-ethyl adjacent to an activating group) is 1. The van der Waals surface area contributed by atoms with Crippen molar-refractivity contribution in [3.8, 4) is 11.1 Å². The first-order valence-electron chi connectivity index (χ1n) is 11.3. The number of pyridine rings is 2. The van der Waals surface area contributed by atoms with Crippen LogP contribution in [0.1, 0.15) is 35.7 Å². The predicted molar refractivity (Wildman–Crippen MR) is 128 cm³/mol. The lowest BCUT2D eigenvalue weighted by Gasteiger charge is -2.34. The molecule has 1 fully saturated rings. The quantitative estimate of drug-likeness (QED) is 0.618. The smallest absolute Gasteiger partial charge is 0.236 e. The third-order valence-corrected chi connectivity index (χ3v) is 6.09. The minimum Gasteiger partial charge on any atom is -0.384 e. The maximum atomic E-state index is 13.9. The molecule has 1 aliphatic rings. The van der Waals surface area contributed by atoms with Gasteiger partial charge < -0.3 is 10.6 Å². The summed E-state index contributed by atoms with van der Waals surface area (Å²) in [6.45, 7) is 4.02. The summed E-state index contributed by atoms with van der Waals surface area (Å²) in [6.07, 6.45) is 3.70. The molecule has 0 aliphatic carbocycles. The van der Waals surface area contributed by atoms with E-state index in [0.717, 1.165) is 41.9 Å². The normalized spacial score (nSPS) is 16.2. The average Bonchev–Trinajstić information content (AvgIpc) is 2.80. The number of aromatic nitrogens is 2. The lowest BCUT2D eigenvalue weighted by Crippen LogP contribution is -2.43. The topological polar surface area (TPSA) is 75.3 Å². The fourth-order valence-electron chi connectivity index (χ4n) is 4.40. The summed E-state index contributed by atoms with van der Waals surface area (Å²) in [5.74, 6) is 0.493. The maximum Gasteiger partial charge on any atom is 0.236 e. The fraction of sp³-hybridized carbons (Fsp3) is 0.346. The lowest BCUT2D eigenvalue weighted by molar-refractivity contribution is -0.133. The van der Waals surface area contributed by atoms with Crippen molar-refractivity contribution in [3.63, 3.8) is 0 Å². The Hall–Kier alpha value is -3.32. The zero-order chi connectivity index (χ0) is 23.4. The van der Waals surface area contributed by atoms with Crippen molar-refractivity contribution >= 4 is 11.7 Å². The summed E-state index contributed by atoms with van der Waals surface area (Å²) >= 11 is 0. The minimum atomic E-state index is -0.243. The molecule has 0 saturated carbocycles. The zero-order valence-electron chi connectivity index (χ0n) is 19.2. The predicted octanol–water partition coefficient (Wildman–Crippen LogP) is 4.01. The van der Waals surface area contributed by atoms with Gasteiger partial charge in [-0.15, -0.1) is 0 Å². The molecule has 1 atom stereocenters. The number of carbonyl (C=O) groups excluding carboxylic acids is 1. The number of hydrogen-bond acceptors (Lipinski definition) is 5. The molecule has 1 aliphatic heterocycles. The Balaban J connectivity index is 1.43. The number of halogens is 1. The average molecular weight is 448 g/mol. The summed E-state index contributed by atoms with van der Waals surface area (Å²) < 4.78 is 13.9. The molecule has 0 spiro atoms. The molecule has 0 radical (unpaired) electrons. The largest absolute Gasteiger partial charge is 0.384 e. The summed E-state index contributed by atoms with van der Waals surface area (Å²) in [5, 5.41) is 0. The van der Waals surface area contributed by atoms with Crippen LogP contribution in [0.5, 0.6) is 0 Å². The van der Waals surface area contributed by atoms with Gasteiger partial charge in [0.05, 0.1) is 6.54 Å². The van der Waals surface area contributed by atoms with Crippen LogP contribution in [0.3, 0.4) is 0 Å². The van der Waals surface area contributed by atoms with Gasteiger partial charge in [-0.25, -0.2) is 9.37 Å². The van der Waals surface area contributed by atoms with Crippen molar-refractivity contribution in [3.05, 3.63) is 77.5 Å². The molecule has 2 N–H and O–H groups in total. The molecular formula is C26H30FN5O. The Morgan fingerprint density at radius 1 is 1.21 bits per heavy atom. The van der Waals surface area contributed by atoms with E-state index in [0.29, 0.717) is 24.5 Å². The van der Waals surface area contributed by atoms with Gasteiger partial charge in [0.25, 0.3) is 0 Å². The van der Waals surface area contributed by atoms with E-state index in [4.69, 9.17) is 10.7 Å². The van der Waals surface area contributed by atoms with Gasteiger partial charge in [0, 0.05) is 54.3 Å². The SMILES string of the molecule is Cc1cc(-c2ccc(N)nc2)cc(C2CCCN(C(=O)CN(C)Cc3ccccc3F)C2)n1. The Morgan fingerprint density at radius 2 is 2.03 bits per heavy atom.